The van der Waals surface area contributed by atoms with Crippen molar-refractivity contribution in [3.8, 4) is 17.2 Å². The van der Waals surface area contributed by atoms with Gasteiger partial charge < -0.3 is 19.1 Å². The predicted octanol–water partition coefficient (Wildman–Crippen LogP) is 4.42. The molecule has 0 aromatic heterocycles. The first kappa shape index (κ1) is 24.1. The van der Waals surface area contributed by atoms with Crippen molar-refractivity contribution in [2.24, 2.45) is 0 Å². The SMILES string of the molecule is COc1ccc(OC2CCN(C(=O)CN(C(=O)c3ccc(OC)cc3)c3ccccc3)CC2)cc1. The van der Waals surface area contributed by atoms with Crippen LogP contribution in [0.1, 0.15) is 23.2 Å². The van der Waals surface area contributed by atoms with Crippen molar-refractivity contribution in [2.75, 3.05) is 38.8 Å². The maximum absolute atomic E-state index is 13.3. The summed E-state index contributed by atoms with van der Waals surface area (Å²) in [6.07, 6.45) is 1.50. The molecule has 1 aliphatic heterocycles. The molecule has 0 saturated carbocycles. The first-order valence-electron chi connectivity index (χ1n) is 11.7. The molecule has 0 unspecified atom stereocenters. The average molecular weight is 475 g/mol. The molecule has 182 valence electrons. The van der Waals surface area contributed by atoms with Crippen LogP contribution in [0.4, 0.5) is 5.69 Å². The van der Waals surface area contributed by atoms with Gasteiger partial charge in [-0.25, -0.2) is 0 Å². The van der Waals surface area contributed by atoms with E-state index in [4.69, 9.17) is 14.2 Å². The van der Waals surface area contributed by atoms with Gasteiger partial charge in [-0.05, 0) is 60.7 Å². The average Bonchev–Trinajstić information content (AvgIpc) is 2.92. The van der Waals surface area contributed by atoms with E-state index in [0.29, 0.717) is 30.1 Å². The second kappa shape index (κ2) is 11.4. The summed E-state index contributed by atoms with van der Waals surface area (Å²) in [5.74, 6) is 1.92. The van der Waals surface area contributed by atoms with E-state index in [9.17, 15) is 9.59 Å². The highest BCUT2D eigenvalue weighted by Gasteiger charge is 2.27. The molecule has 1 saturated heterocycles. The largest absolute Gasteiger partial charge is 0.497 e. The summed E-state index contributed by atoms with van der Waals surface area (Å²) in [7, 11) is 3.21. The van der Waals surface area contributed by atoms with Gasteiger partial charge in [0.1, 0.15) is 29.9 Å². The monoisotopic (exact) mass is 474 g/mol. The van der Waals surface area contributed by atoms with Crippen LogP contribution in [0.2, 0.25) is 0 Å². The summed E-state index contributed by atoms with van der Waals surface area (Å²) >= 11 is 0. The van der Waals surface area contributed by atoms with E-state index in [0.717, 1.165) is 24.3 Å². The fourth-order valence-corrected chi connectivity index (χ4v) is 4.08. The van der Waals surface area contributed by atoms with Crippen LogP contribution < -0.4 is 19.1 Å². The summed E-state index contributed by atoms with van der Waals surface area (Å²) in [4.78, 5) is 29.9. The quantitative estimate of drug-likeness (QED) is 0.484. The lowest BCUT2D eigenvalue weighted by Crippen LogP contribution is -2.47. The number of methoxy groups -OCH3 is 2. The predicted molar refractivity (Wildman–Crippen MR) is 134 cm³/mol. The molecule has 3 aromatic rings. The first-order chi connectivity index (χ1) is 17.1. The normalized spacial score (nSPS) is 13.7. The minimum Gasteiger partial charge on any atom is -0.497 e. The van der Waals surface area contributed by atoms with Gasteiger partial charge in [0, 0.05) is 37.2 Å². The van der Waals surface area contributed by atoms with Crippen LogP contribution in [0.3, 0.4) is 0 Å². The fraction of sp³-hybridized carbons (Fsp3) is 0.286. The third-order valence-electron chi connectivity index (χ3n) is 6.10. The molecule has 0 bridgehead atoms. The first-order valence-corrected chi connectivity index (χ1v) is 11.7. The molecule has 0 spiro atoms. The number of amides is 2. The molecule has 7 nitrogen and oxygen atoms in total. The molecule has 1 heterocycles. The Kier molecular flexibility index (Phi) is 7.88. The molecule has 7 heteroatoms. The Morgan fingerprint density at radius 1 is 0.800 bits per heavy atom. The maximum atomic E-state index is 13.3. The van der Waals surface area contributed by atoms with E-state index in [1.54, 1.807) is 38.5 Å². The molecule has 3 aromatic carbocycles. The smallest absolute Gasteiger partial charge is 0.258 e. The third kappa shape index (κ3) is 6.12. The molecule has 0 atom stereocenters. The molecule has 0 N–H and O–H groups in total. The van der Waals surface area contributed by atoms with E-state index < -0.39 is 0 Å². The lowest BCUT2D eigenvalue weighted by molar-refractivity contribution is -0.131. The molecule has 2 amide bonds. The second-order valence-corrected chi connectivity index (χ2v) is 8.33. The summed E-state index contributed by atoms with van der Waals surface area (Å²) in [6, 6.07) is 23.7. The number of nitrogens with zero attached hydrogens (tertiary/aromatic N) is 2. The van der Waals surface area contributed by atoms with Gasteiger partial charge in [0.25, 0.3) is 5.91 Å². The Morgan fingerprint density at radius 2 is 1.34 bits per heavy atom. The van der Waals surface area contributed by atoms with Crippen molar-refractivity contribution >= 4 is 17.5 Å². The van der Waals surface area contributed by atoms with Crippen molar-refractivity contribution in [1.29, 1.82) is 0 Å². The second-order valence-electron chi connectivity index (χ2n) is 8.33. The highest BCUT2D eigenvalue weighted by Crippen LogP contribution is 2.23. The van der Waals surface area contributed by atoms with Gasteiger partial charge in [0.2, 0.25) is 5.91 Å². The Labute approximate surface area is 205 Å². The van der Waals surface area contributed by atoms with Crippen molar-refractivity contribution in [1.82, 2.24) is 4.90 Å². The zero-order valence-electron chi connectivity index (χ0n) is 20.1. The lowest BCUT2D eigenvalue weighted by Gasteiger charge is -2.34. The summed E-state index contributed by atoms with van der Waals surface area (Å²) in [5, 5.41) is 0. The summed E-state index contributed by atoms with van der Waals surface area (Å²) < 4.78 is 16.5. The Hall–Kier alpha value is -4.00. The minimum absolute atomic E-state index is 0.0289. The number of anilines is 1. The van der Waals surface area contributed by atoms with E-state index in [1.807, 2.05) is 59.5 Å². The number of rotatable bonds is 8. The summed E-state index contributed by atoms with van der Waals surface area (Å²) in [6.45, 7) is 1.14. The van der Waals surface area contributed by atoms with Gasteiger partial charge in [-0.3, -0.25) is 14.5 Å². The van der Waals surface area contributed by atoms with E-state index >= 15 is 0 Å². The molecule has 1 fully saturated rings. The van der Waals surface area contributed by atoms with Crippen molar-refractivity contribution in [3.05, 3.63) is 84.4 Å². The summed E-state index contributed by atoms with van der Waals surface area (Å²) in [5.41, 5.74) is 1.17. The number of hydrogen-bond acceptors (Lipinski definition) is 5. The Morgan fingerprint density at radius 3 is 1.91 bits per heavy atom. The number of para-hydroxylation sites is 1. The number of hydrogen-bond donors (Lipinski definition) is 0. The van der Waals surface area contributed by atoms with Gasteiger partial charge in [0.15, 0.2) is 0 Å². The number of carbonyl (C=O) groups excluding carboxylic acids is 2. The van der Waals surface area contributed by atoms with Crippen LogP contribution in [-0.2, 0) is 4.79 Å². The van der Waals surface area contributed by atoms with E-state index in [-0.39, 0.29) is 24.5 Å². The molecular weight excluding hydrogens is 444 g/mol. The van der Waals surface area contributed by atoms with Gasteiger partial charge in [-0.15, -0.1) is 0 Å². The molecule has 1 aliphatic rings. The van der Waals surface area contributed by atoms with Crippen LogP contribution >= 0.6 is 0 Å². The number of ether oxygens (including phenoxy) is 3. The highest BCUT2D eigenvalue weighted by atomic mass is 16.5. The standard InChI is InChI=1S/C28H30N2O5/c1-33-23-10-8-21(9-11-23)28(32)30(22-6-4-3-5-7-22)20-27(31)29-18-16-26(17-19-29)35-25-14-12-24(34-2)13-15-25/h3-15,26H,16-20H2,1-2H3. The zero-order chi connectivity index (χ0) is 24.6. The number of likely N-dealkylation sites (tertiary alicyclic amines) is 1. The van der Waals surface area contributed by atoms with Crippen molar-refractivity contribution < 1.29 is 23.8 Å². The number of piperidine rings is 1. The maximum Gasteiger partial charge on any atom is 0.258 e. The van der Waals surface area contributed by atoms with Crippen molar-refractivity contribution in [3.63, 3.8) is 0 Å². The number of carbonyl (C=O) groups is 2. The minimum atomic E-state index is -0.232. The zero-order valence-corrected chi connectivity index (χ0v) is 20.1. The number of benzene rings is 3. The van der Waals surface area contributed by atoms with Crippen LogP contribution in [0, 0.1) is 0 Å². The fourth-order valence-electron chi connectivity index (χ4n) is 4.08. The van der Waals surface area contributed by atoms with Gasteiger partial charge in [-0.1, -0.05) is 18.2 Å². The molecule has 4 rings (SSSR count). The lowest BCUT2D eigenvalue weighted by atomic mass is 10.1. The van der Waals surface area contributed by atoms with E-state index in [1.165, 1.54) is 4.90 Å². The Bertz CT molecular complexity index is 1110. The van der Waals surface area contributed by atoms with Gasteiger partial charge in [0.05, 0.1) is 14.2 Å². The van der Waals surface area contributed by atoms with Gasteiger partial charge >= 0.3 is 0 Å². The molecule has 35 heavy (non-hydrogen) atoms. The van der Waals surface area contributed by atoms with Crippen LogP contribution in [0.25, 0.3) is 0 Å². The van der Waals surface area contributed by atoms with E-state index in [2.05, 4.69) is 0 Å². The third-order valence-corrected chi connectivity index (χ3v) is 6.10. The molecular formula is C28H30N2O5. The topological polar surface area (TPSA) is 68.3 Å². The van der Waals surface area contributed by atoms with Crippen LogP contribution in [0.5, 0.6) is 17.2 Å². The van der Waals surface area contributed by atoms with Crippen LogP contribution in [0.15, 0.2) is 78.9 Å². The van der Waals surface area contributed by atoms with Crippen molar-refractivity contribution in [2.45, 2.75) is 18.9 Å². The Balaban J connectivity index is 1.39. The highest BCUT2D eigenvalue weighted by molar-refractivity contribution is 6.08. The molecule has 0 aliphatic carbocycles. The molecule has 0 radical (unpaired) electrons. The van der Waals surface area contributed by atoms with Crippen LogP contribution in [-0.4, -0.2) is 56.7 Å². The van der Waals surface area contributed by atoms with Gasteiger partial charge in [-0.2, -0.15) is 0 Å².